The van der Waals surface area contributed by atoms with Crippen molar-refractivity contribution >= 4 is 0 Å². The normalized spacial score (nSPS) is 21.6. The maximum Gasteiger partial charge on any atom is 0.0771 e. The first-order valence-corrected chi connectivity index (χ1v) is 6.20. The summed E-state index contributed by atoms with van der Waals surface area (Å²) < 4.78 is 0. The maximum absolute atomic E-state index is 10.3. The van der Waals surface area contributed by atoms with E-state index in [-0.39, 0.29) is 0 Å². The summed E-state index contributed by atoms with van der Waals surface area (Å²) in [4.78, 5) is 2.16. The Hall–Kier alpha value is -0.120. The Labute approximate surface area is 93.9 Å². The summed E-state index contributed by atoms with van der Waals surface area (Å²) in [6.45, 7) is 2.77. The van der Waals surface area contributed by atoms with E-state index in [1.54, 1.807) is 0 Å². The zero-order chi connectivity index (χ0) is 11.1. The van der Waals surface area contributed by atoms with Gasteiger partial charge in [0.05, 0.1) is 5.60 Å². The predicted molar refractivity (Wildman–Crippen MR) is 64.1 cm³/mol. The molecule has 0 spiro atoms. The molecule has 3 nitrogen and oxygen atoms in total. The van der Waals surface area contributed by atoms with Gasteiger partial charge in [0.1, 0.15) is 0 Å². The van der Waals surface area contributed by atoms with E-state index in [4.69, 9.17) is 0 Å². The molecule has 0 radical (unpaired) electrons. The Kier molecular flexibility index (Phi) is 5.58. The van der Waals surface area contributed by atoms with Gasteiger partial charge in [0.25, 0.3) is 0 Å². The highest BCUT2D eigenvalue weighted by Crippen LogP contribution is 2.26. The molecule has 0 aromatic carbocycles. The summed E-state index contributed by atoms with van der Waals surface area (Å²) in [5.74, 6) is 0. The molecule has 0 atom stereocenters. The highest BCUT2D eigenvalue weighted by molar-refractivity contribution is 4.83. The van der Waals surface area contributed by atoms with Gasteiger partial charge in [-0.1, -0.05) is 25.7 Å². The van der Waals surface area contributed by atoms with Gasteiger partial charge in [-0.15, -0.1) is 0 Å². The second-order valence-electron chi connectivity index (χ2n) is 5.12. The van der Waals surface area contributed by atoms with Gasteiger partial charge < -0.3 is 15.3 Å². The fraction of sp³-hybridized carbons (Fsp3) is 1.00. The number of nitrogens with one attached hydrogen (secondary N) is 1. The van der Waals surface area contributed by atoms with Crippen molar-refractivity contribution in [3.8, 4) is 0 Å². The van der Waals surface area contributed by atoms with E-state index in [1.807, 2.05) is 0 Å². The van der Waals surface area contributed by atoms with Gasteiger partial charge in [-0.3, -0.25) is 0 Å². The van der Waals surface area contributed by atoms with Gasteiger partial charge in [0, 0.05) is 19.6 Å². The van der Waals surface area contributed by atoms with Gasteiger partial charge in [0.2, 0.25) is 0 Å². The number of hydrogen-bond donors (Lipinski definition) is 2. The minimum Gasteiger partial charge on any atom is -0.389 e. The second kappa shape index (κ2) is 6.46. The number of nitrogens with zero attached hydrogens (tertiary/aromatic N) is 1. The third-order valence-electron chi connectivity index (χ3n) is 3.22. The molecule has 0 saturated heterocycles. The first-order chi connectivity index (χ1) is 7.12. The molecule has 90 valence electrons. The van der Waals surface area contributed by atoms with E-state index in [1.165, 1.54) is 25.7 Å². The van der Waals surface area contributed by atoms with Gasteiger partial charge in [0.15, 0.2) is 0 Å². The van der Waals surface area contributed by atoms with Crippen LogP contribution in [0.5, 0.6) is 0 Å². The van der Waals surface area contributed by atoms with Gasteiger partial charge in [-0.05, 0) is 26.9 Å². The molecule has 0 amide bonds. The van der Waals surface area contributed by atoms with Crippen LogP contribution in [0.4, 0.5) is 0 Å². The third kappa shape index (κ3) is 5.50. The van der Waals surface area contributed by atoms with Crippen LogP contribution in [0, 0.1) is 0 Å². The zero-order valence-electron chi connectivity index (χ0n) is 10.3. The minimum atomic E-state index is -0.428. The Balaban J connectivity index is 2.16. The fourth-order valence-corrected chi connectivity index (χ4v) is 2.19. The smallest absolute Gasteiger partial charge is 0.0771 e. The summed E-state index contributed by atoms with van der Waals surface area (Å²) in [5, 5.41) is 13.7. The van der Waals surface area contributed by atoms with E-state index >= 15 is 0 Å². The molecule has 1 saturated carbocycles. The lowest BCUT2D eigenvalue weighted by Crippen LogP contribution is -2.42. The minimum absolute atomic E-state index is 0.428. The average Bonchev–Trinajstić information content (AvgIpc) is 2.38. The number of rotatable bonds is 5. The molecular weight excluding hydrogens is 188 g/mol. The standard InChI is InChI=1S/C12H26N2O/c1-14(2)10-9-13-11-12(15)7-5-3-4-6-8-12/h13,15H,3-11H2,1-2H3. The van der Waals surface area contributed by atoms with Crippen LogP contribution in [-0.4, -0.2) is 49.3 Å². The Morgan fingerprint density at radius 2 is 1.73 bits per heavy atom. The Bertz CT molecular complexity index is 163. The van der Waals surface area contributed by atoms with Crippen molar-refractivity contribution in [1.29, 1.82) is 0 Å². The van der Waals surface area contributed by atoms with Crippen LogP contribution in [0.3, 0.4) is 0 Å². The molecule has 0 bridgehead atoms. The molecule has 1 aliphatic rings. The Morgan fingerprint density at radius 1 is 1.13 bits per heavy atom. The van der Waals surface area contributed by atoms with Crippen LogP contribution >= 0.6 is 0 Å². The lowest BCUT2D eigenvalue weighted by atomic mass is 9.94. The van der Waals surface area contributed by atoms with Crippen molar-refractivity contribution in [2.24, 2.45) is 0 Å². The molecule has 0 aromatic heterocycles. The molecule has 1 fully saturated rings. The zero-order valence-corrected chi connectivity index (χ0v) is 10.3. The van der Waals surface area contributed by atoms with Crippen molar-refractivity contribution < 1.29 is 5.11 Å². The summed E-state index contributed by atoms with van der Waals surface area (Å²) in [6, 6.07) is 0. The van der Waals surface area contributed by atoms with Crippen LogP contribution < -0.4 is 5.32 Å². The highest BCUT2D eigenvalue weighted by Gasteiger charge is 2.26. The molecule has 3 heteroatoms. The maximum atomic E-state index is 10.3. The second-order valence-corrected chi connectivity index (χ2v) is 5.12. The van der Waals surface area contributed by atoms with Crippen LogP contribution in [-0.2, 0) is 0 Å². The average molecular weight is 214 g/mol. The molecule has 0 unspecified atom stereocenters. The van der Waals surface area contributed by atoms with E-state index in [0.29, 0.717) is 0 Å². The molecule has 1 aliphatic carbocycles. The van der Waals surface area contributed by atoms with Crippen LogP contribution in [0.25, 0.3) is 0 Å². The topological polar surface area (TPSA) is 35.5 Å². The number of aliphatic hydroxyl groups is 1. The van der Waals surface area contributed by atoms with Crippen molar-refractivity contribution in [3.05, 3.63) is 0 Å². The monoisotopic (exact) mass is 214 g/mol. The van der Waals surface area contributed by atoms with Crippen molar-refractivity contribution in [3.63, 3.8) is 0 Å². The van der Waals surface area contributed by atoms with E-state index < -0.39 is 5.60 Å². The summed E-state index contributed by atoms with van der Waals surface area (Å²) in [5.41, 5.74) is -0.428. The quantitative estimate of drug-likeness (QED) is 0.533. The van der Waals surface area contributed by atoms with E-state index in [9.17, 15) is 5.11 Å². The number of hydrogen-bond acceptors (Lipinski definition) is 3. The molecule has 0 aromatic rings. The van der Waals surface area contributed by atoms with Gasteiger partial charge in [-0.25, -0.2) is 0 Å². The lowest BCUT2D eigenvalue weighted by molar-refractivity contribution is 0.0252. The molecular formula is C12H26N2O. The first kappa shape index (κ1) is 12.9. The molecule has 0 aliphatic heterocycles. The van der Waals surface area contributed by atoms with E-state index in [0.717, 1.165) is 32.5 Å². The summed E-state index contributed by atoms with van der Waals surface area (Å²) in [6.07, 6.45) is 6.90. The lowest BCUT2D eigenvalue weighted by Gasteiger charge is -2.27. The molecule has 2 N–H and O–H groups in total. The van der Waals surface area contributed by atoms with Crippen LogP contribution in [0.2, 0.25) is 0 Å². The molecule has 0 heterocycles. The Morgan fingerprint density at radius 3 is 2.27 bits per heavy atom. The van der Waals surface area contributed by atoms with Crippen molar-refractivity contribution in [2.45, 2.75) is 44.1 Å². The SMILES string of the molecule is CN(C)CCNCC1(O)CCCCCC1. The largest absolute Gasteiger partial charge is 0.389 e. The van der Waals surface area contributed by atoms with Crippen molar-refractivity contribution in [2.75, 3.05) is 33.7 Å². The van der Waals surface area contributed by atoms with Crippen LogP contribution in [0.1, 0.15) is 38.5 Å². The van der Waals surface area contributed by atoms with Crippen molar-refractivity contribution in [1.82, 2.24) is 10.2 Å². The first-order valence-electron chi connectivity index (χ1n) is 6.20. The predicted octanol–water partition coefficient (Wildman–Crippen LogP) is 1.22. The summed E-state index contributed by atoms with van der Waals surface area (Å²) >= 11 is 0. The fourth-order valence-electron chi connectivity index (χ4n) is 2.19. The highest BCUT2D eigenvalue weighted by atomic mass is 16.3. The van der Waals surface area contributed by atoms with E-state index in [2.05, 4.69) is 24.3 Å². The number of likely N-dealkylation sites (N-methyl/N-ethyl adjacent to an activating group) is 1. The third-order valence-corrected chi connectivity index (χ3v) is 3.22. The van der Waals surface area contributed by atoms with Crippen LogP contribution in [0.15, 0.2) is 0 Å². The van der Waals surface area contributed by atoms with Gasteiger partial charge in [-0.2, -0.15) is 0 Å². The molecule has 1 rings (SSSR count). The molecule has 15 heavy (non-hydrogen) atoms. The van der Waals surface area contributed by atoms with Gasteiger partial charge >= 0.3 is 0 Å². The summed E-state index contributed by atoms with van der Waals surface area (Å²) in [7, 11) is 4.14.